The van der Waals surface area contributed by atoms with E-state index in [1.807, 2.05) is 0 Å². The van der Waals surface area contributed by atoms with Gasteiger partial charge in [0.2, 0.25) is 17.5 Å². The van der Waals surface area contributed by atoms with Gasteiger partial charge in [-0.05, 0) is 74.7 Å². The minimum Gasteiger partial charge on any atom is -0.370 e. The van der Waals surface area contributed by atoms with E-state index >= 15 is 0 Å². The van der Waals surface area contributed by atoms with Gasteiger partial charge in [-0.3, -0.25) is 4.79 Å². The summed E-state index contributed by atoms with van der Waals surface area (Å²) in [6, 6.07) is 0. The van der Waals surface area contributed by atoms with Crippen LogP contribution in [-0.2, 0) is 19.3 Å². The summed E-state index contributed by atoms with van der Waals surface area (Å²) in [4.78, 5) is 23.0. The summed E-state index contributed by atoms with van der Waals surface area (Å²) in [5.41, 5.74) is 5.86. The highest BCUT2D eigenvalue weighted by Crippen LogP contribution is 2.79. The van der Waals surface area contributed by atoms with Gasteiger partial charge in [0.05, 0.1) is 0 Å². The average molecular weight is 376 g/mol. The first kappa shape index (κ1) is 17.2. The average Bonchev–Trinajstić information content (AvgIpc) is 3.23. The first-order valence-electron chi connectivity index (χ1n) is 11.1. The van der Waals surface area contributed by atoms with Crippen molar-refractivity contribution in [3.63, 3.8) is 0 Å². The Hall–Kier alpha value is -0.690. The lowest BCUT2D eigenvalue weighted by Crippen LogP contribution is -2.50. The smallest absolute Gasteiger partial charge is 0.218 e. The number of primary amides is 1. The molecular formula is C21H32N2O4. The van der Waals surface area contributed by atoms with Crippen LogP contribution in [-0.4, -0.2) is 30.6 Å². The van der Waals surface area contributed by atoms with Crippen LogP contribution in [0.25, 0.3) is 0 Å². The van der Waals surface area contributed by atoms with E-state index in [4.69, 9.17) is 20.2 Å². The van der Waals surface area contributed by atoms with Crippen molar-refractivity contribution in [3.05, 3.63) is 0 Å². The molecule has 1 aliphatic heterocycles. The van der Waals surface area contributed by atoms with Crippen LogP contribution in [0.4, 0.5) is 0 Å². The lowest BCUT2D eigenvalue weighted by atomic mass is 9.56. The molecule has 6 fully saturated rings. The van der Waals surface area contributed by atoms with Crippen molar-refractivity contribution >= 4 is 5.91 Å². The Kier molecular flexibility index (Phi) is 3.62. The Balaban J connectivity index is 1.08. The summed E-state index contributed by atoms with van der Waals surface area (Å²) in [6.45, 7) is 1.61. The van der Waals surface area contributed by atoms with Crippen molar-refractivity contribution < 1.29 is 19.3 Å². The number of amides is 1. The quantitative estimate of drug-likeness (QED) is 0.569. The molecule has 0 aromatic heterocycles. The molecule has 3 N–H and O–H groups in total. The lowest BCUT2D eigenvalue weighted by molar-refractivity contribution is -0.375. The topological polar surface area (TPSA) is 82.8 Å². The van der Waals surface area contributed by atoms with Gasteiger partial charge in [0, 0.05) is 37.6 Å². The number of rotatable bonds is 5. The van der Waals surface area contributed by atoms with Crippen LogP contribution in [0.5, 0.6) is 0 Å². The van der Waals surface area contributed by atoms with Gasteiger partial charge in [-0.15, -0.1) is 0 Å². The van der Waals surface area contributed by atoms with Crippen LogP contribution in [0.1, 0.15) is 64.2 Å². The standard InChI is InChI=1S/C21H32N2O4/c22-18(24)3-6-23-12-13-1-4-20(5-2-13)25-21(27-26-20)16-8-14-7-15-9-17(21)11-19(14,15)10-16/h13-17,23H,1-12H2,(H2,22,24). The third-order valence-electron chi connectivity index (χ3n) is 9.24. The zero-order valence-electron chi connectivity index (χ0n) is 16.1. The van der Waals surface area contributed by atoms with E-state index in [1.165, 1.54) is 32.1 Å². The molecule has 5 aliphatic carbocycles. The van der Waals surface area contributed by atoms with Gasteiger partial charge in [0.25, 0.3) is 0 Å². The Morgan fingerprint density at radius 2 is 1.67 bits per heavy atom. The Morgan fingerprint density at radius 3 is 2.33 bits per heavy atom. The third kappa shape index (κ3) is 2.30. The summed E-state index contributed by atoms with van der Waals surface area (Å²) in [5, 5.41) is 3.36. The minimum absolute atomic E-state index is 0.242. The van der Waals surface area contributed by atoms with Crippen molar-refractivity contribution in [2.45, 2.75) is 75.8 Å². The van der Waals surface area contributed by atoms with Crippen molar-refractivity contribution in [2.75, 3.05) is 13.1 Å². The number of carbonyl (C=O) groups is 1. The number of carbonyl (C=O) groups excluding carboxylic acids is 1. The van der Waals surface area contributed by atoms with E-state index in [-0.39, 0.29) is 5.91 Å². The van der Waals surface area contributed by atoms with Gasteiger partial charge in [-0.1, -0.05) is 0 Å². The maximum atomic E-state index is 10.8. The summed E-state index contributed by atoms with van der Waals surface area (Å²) in [7, 11) is 0. The van der Waals surface area contributed by atoms with E-state index in [0.717, 1.165) is 44.1 Å². The number of fused-ring (bicyclic) bond motifs is 4. The van der Waals surface area contributed by atoms with Crippen molar-refractivity contribution in [1.29, 1.82) is 0 Å². The maximum absolute atomic E-state index is 10.8. The summed E-state index contributed by atoms with van der Waals surface area (Å²) in [5.74, 6) is 2.36. The fraction of sp³-hybridized carbons (Fsp3) is 0.952. The largest absolute Gasteiger partial charge is 0.370 e. The maximum Gasteiger partial charge on any atom is 0.218 e. The Bertz CT molecular complexity index is 620. The van der Waals surface area contributed by atoms with Crippen LogP contribution in [0.3, 0.4) is 0 Å². The molecule has 0 aromatic rings. The van der Waals surface area contributed by atoms with Gasteiger partial charge < -0.3 is 15.8 Å². The fourth-order valence-corrected chi connectivity index (χ4v) is 7.91. The molecule has 3 spiro atoms. The predicted octanol–water partition coefficient (Wildman–Crippen LogP) is 2.47. The van der Waals surface area contributed by atoms with Crippen LogP contribution in [0.15, 0.2) is 0 Å². The second-order valence-electron chi connectivity index (χ2n) is 10.4. The predicted molar refractivity (Wildman–Crippen MR) is 96.8 cm³/mol. The molecule has 1 heterocycles. The van der Waals surface area contributed by atoms with E-state index in [0.29, 0.717) is 36.1 Å². The van der Waals surface area contributed by atoms with E-state index in [1.54, 1.807) is 0 Å². The van der Waals surface area contributed by atoms with Gasteiger partial charge in [-0.2, -0.15) is 9.78 Å². The summed E-state index contributed by atoms with van der Waals surface area (Å²) in [6.07, 6.45) is 11.0. The SMILES string of the molecule is NC(=O)CCNCC1CCC2(CC1)OOC1(O2)C2CC3CC4CC1CC34C2. The number of nitrogens with two attached hydrogens (primary N) is 1. The van der Waals surface area contributed by atoms with Crippen molar-refractivity contribution in [1.82, 2.24) is 5.32 Å². The molecule has 27 heavy (non-hydrogen) atoms. The second-order valence-corrected chi connectivity index (χ2v) is 10.4. The first-order valence-corrected chi connectivity index (χ1v) is 11.1. The number of hydrogen-bond acceptors (Lipinski definition) is 5. The Morgan fingerprint density at radius 1 is 1.00 bits per heavy atom. The molecule has 0 aromatic carbocycles. The molecule has 1 saturated heterocycles. The van der Waals surface area contributed by atoms with Crippen LogP contribution < -0.4 is 11.1 Å². The van der Waals surface area contributed by atoms with Crippen LogP contribution in [0.2, 0.25) is 0 Å². The molecule has 6 heteroatoms. The summed E-state index contributed by atoms with van der Waals surface area (Å²) < 4.78 is 6.82. The van der Waals surface area contributed by atoms with E-state index in [9.17, 15) is 4.79 Å². The number of hydrogen-bond donors (Lipinski definition) is 2. The van der Waals surface area contributed by atoms with E-state index < -0.39 is 11.6 Å². The van der Waals surface area contributed by atoms with Crippen molar-refractivity contribution in [2.24, 2.45) is 40.7 Å². The fourth-order valence-electron chi connectivity index (χ4n) is 7.91. The molecule has 1 amide bonds. The number of ether oxygens (including phenoxy) is 1. The Labute approximate surface area is 160 Å². The zero-order valence-corrected chi connectivity index (χ0v) is 16.1. The molecule has 5 saturated carbocycles. The minimum atomic E-state index is -0.515. The third-order valence-corrected chi connectivity index (χ3v) is 9.24. The highest BCUT2D eigenvalue weighted by molar-refractivity contribution is 5.73. The first-order chi connectivity index (χ1) is 13.0. The van der Waals surface area contributed by atoms with Gasteiger partial charge in [0.15, 0.2) is 0 Å². The number of nitrogens with one attached hydrogen (secondary N) is 1. The zero-order chi connectivity index (χ0) is 18.3. The molecule has 150 valence electrons. The van der Waals surface area contributed by atoms with Crippen LogP contribution >= 0.6 is 0 Å². The molecular weight excluding hydrogens is 344 g/mol. The highest BCUT2D eigenvalue weighted by Gasteiger charge is 2.77. The van der Waals surface area contributed by atoms with Gasteiger partial charge in [-0.25, -0.2) is 0 Å². The van der Waals surface area contributed by atoms with E-state index in [2.05, 4.69) is 5.32 Å². The molecule has 3 bridgehead atoms. The van der Waals surface area contributed by atoms with Gasteiger partial charge in [0.1, 0.15) is 0 Å². The normalized spacial score (nSPS) is 54.6. The van der Waals surface area contributed by atoms with Gasteiger partial charge >= 0.3 is 0 Å². The molecule has 0 radical (unpaired) electrons. The molecule has 6 nitrogen and oxygen atoms in total. The monoisotopic (exact) mass is 376 g/mol. The lowest BCUT2D eigenvalue weighted by Gasteiger charge is -2.49. The molecule has 6 aliphatic rings. The van der Waals surface area contributed by atoms with Crippen LogP contribution in [0, 0.1) is 35.0 Å². The summed E-state index contributed by atoms with van der Waals surface area (Å²) >= 11 is 0. The molecule has 4 atom stereocenters. The molecule has 4 unspecified atom stereocenters. The molecule has 6 rings (SSSR count). The highest BCUT2D eigenvalue weighted by atomic mass is 17.3. The second kappa shape index (κ2) is 5.68. The van der Waals surface area contributed by atoms with Crippen molar-refractivity contribution in [3.8, 4) is 0 Å².